The van der Waals surface area contributed by atoms with Crippen molar-refractivity contribution >= 4 is 17.6 Å². The van der Waals surface area contributed by atoms with Crippen LogP contribution < -0.4 is 10.1 Å². The molecule has 1 aliphatic rings. The monoisotopic (exact) mass is 390 g/mol. The number of likely N-dealkylation sites (tertiary alicyclic amines) is 1. The second-order valence-electron chi connectivity index (χ2n) is 6.06. The van der Waals surface area contributed by atoms with Crippen molar-refractivity contribution in [2.24, 2.45) is 0 Å². The van der Waals surface area contributed by atoms with Crippen LogP contribution in [0.2, 0.25) is 0 Å². The van der Waals surface area contributed by atoms with E-state index >= 15 is 0 Å². The Labute approximate surface area is 154 Å². The van der Waals surface area contributed by atoms with E-state index in [9.17, 15) is 22.8 Å². The number of carbonyl (C=O) groups is 2. The molecule has 1 aliphatic heterocycles. The van der Waals surface area contributed by atoms with E-state index in [1.54, 1.807) is 0 Å². The number of carbonyl (C=O) groups excluding carboxylic acids is 1. The molecular weight excluding hydrogens is 369 g/mol. The minimum absolute atomic E-state index is 0.0737. The third-order valence-electron chi connectivity index (χ3n) is 4.12. The molecule has 10 heteroatoms. The highest BCUT2D eigenvalue weighted by Crippen LogP contribution is 2.35. The van der Waals surface area contributed by atoms with Crippen molar-refractivity contribution in [2.75, 3.05) is 38.7 Å². The van der Waals surface area contributed by atoms with E-state index in [2.05, 4.69) is 5.32 Å². The summed E-state index contributed by atoms with van der Waals surface area (Å²) < 4.78 is 49.1. The summed E-state index contributed by atoms with van der Waals surface area (Å²) in [7, 11) is 1.45. The molecule has 2 N–H and O–H groups in total. The maximum Gasteiger partial charge on any atom is 0.416 e. The Morgan fingerprint density at radius 1 is 1.33 bits per heavy atom. The second-order valence-corrected chi connectivity index (χ2v) is 6.06. The predicted molar refractivity (Wildman–Crippen MR) is 89.7 cm³/mol. The fourth-order valence-corrected chi connectivity index (χ4v) is 2.83. The van der Waals surface area contributed by atoms with Crippen molar-refractivity contribution in [3.05, 3.63) is 23.8 Å². The van der Waals surface area contributed by atoms with E-state index in [4.69, 9.17) is 14.6 Å². The number of hydrogen-bond acceptors (Lipinski definition) is 5. The second kappa shape index (κ2) is 9.05. The number of carboxylic acid groups (broad SMARTS) is 1. The molecule has 0 bridgehead atoms. The SMILES string of the molecule is COCCOc1ccc(C(F)(F)F)cc1NC(=O)CN1CCC[C@@H]1C(=O)O. The van der Waals surface area contributed by atoms with Gasteiger partial charge in [0.25, 0.3) is 0 Å². The van der Waals surface area contributed by atoms with Crippen LogP contribution in [0.1, 0.15) is 18.4 Å². The van der Waals surface area contributed by atoms with Gasteiger partial charge in [-0.3, -0.25) is 14.5 Å². The zero-order valence-corrected chi connectivity index (χ0v) is 14.7. The average Bonchev–Trinajstić information content (AvgIpc) is 3.03. The molecule has 0 unspecified atom stereocenters. The first kappa shape index (κ1) is 21.0. The van der Waals surface area contributed by atoms with E-state index in [1.165, 1.54) is 12.0 Å². The summed E-state index contributed by atoms with van der Waals surface area (Å²) in [6.45, 7) is 0.523. The molecule has 27 heavy (non-hydrogen) atoms. The van der Waals surface area contributed by atoms with E-state index < -0.39 is 29.7 Å². The Balaban J connectivity index is 2.13. The number of alkyl halides is 3. The zero-order chi connectivity index (χ0) is 20.0. The van der Waals surface area contributed by atoms with Crippen LogP contribution in [-0.4, -0.2) is 61.3 Å². The summed E-state index contributed by atoms with van der Waals surface area (Å²) in [6.07, 6.45) is -3.51. The Morgan fingerprint density at radius 3 is 2.70 bits per heavy atom. The molecule has 0 aromatic heterocycles. The number of nitrogens with one attached hydrogen (secondary N) is 1. The largest absolute Gasteiger partial charge is 0.489 e. The molecule has 1 aromatic rings. The third kappa shape index (κ3) is 5.83. The Kier molecular flexibility index (Phi) is 7.03. The minimum Gasteiger partial charge on any atom is -0.489 e. The summed E-state index contributed by atoms with van der Waals surface area (Å²) in [5.74, 6) is -1.56. The quantitative estimate of drug-likeness (QED) is 0.662. The van der Waals surface area contributed by atoms with Crippen LogP contribution in [0, 0.1) is 0 Å². The Morgan fingerprint density at radius 2 is 2.07 bits per heavy atom. The molecule has 1 heterocycles. The molecule has 1 saturated heterocycles. The highest BCUT2D eigenvalue weighted by atomic mass is 19.4. The van der Waals surface area contributed by atoms with Crippen LogP contribution >= 0.6 is 0 Å². The van der Waals surface area contributed by atoms with Crippen molar-refractivity contribution in [1.29, 1.82) is 0 Å². The molecule has 0 aliphatic carbocycles. The van der Waals surface area contributed by atoms with Crippen LogP contribution in [0.5, 0.6) is 5.75 Å². The standard InChI is InChI=1S/C17H21F3N2O5/c1-26-7-8-27-14-5-4-11(17(18,19)20)9-12(14)21-15(23)10-22-6-2-3-13(22)16(24)25/h4-5,9,13H,2-3,6-8,10H2,1H3,(H,21,23)(H,24,25)/t13-/m1/s1. The van der Waals surface area contributed by atoms with Gasteiger partial charge >= 0.3 is 12.1 Å². The fraction of sp³-hybridized carbons (Fsp3) is 0.529. The van der Waals surface area contributed by atoms with Gasteiger partial charge in [-0.2, -0.15) is 13.2 Å². The minimum atomic E-state index is -4.58. The summed E-state index contributed by atoms with van der Waals surface area (Å²) >= 11 is 0. The number of rotatable bonds is 8. The number of nitrogens with zero attached hydrogens (tertiary/aromatic N) is 1. The number of benzene rings is 1. The molecule has 1 aromatic carbocycles. The van der Waals surface area contributed by atoms with Gasteiger partial charge in [0.2, 0.25) is 5.91 Å². The maximum absolute atomic E-state index is 13.0. The van der Waals surface area contributed by atoms with E-state index in [0.29, 0.717) is 19.4 Å². The van der Waals surface area contributed by atoms with E-state index in [-0.39, 0.29) is 31.2 Å². The van der Waals surface area contributed by atoms with Crippen LogP contribution in [0.3, 0.4) is 0 Å². The number of amides is 1. The zero-order valence-electron chi connectivity index (χ0n) is 14.7. The number of aliphatic carboxylic acids is 1. The van der Waals surface area contributed by atoms with Crippen LogP contribution in [0.25, 0.3) is 0 Å². The molecule has 2 rings (SSSR count). The molecule has 0 radical (unpaired) electrons. The number of halogens is 3. The van der Waals surface area contributed by atoms with Gasteiger partial charge in [-0.05, 0) is 37.6 Å². The summed E-state index contributed by atoms with van der Waals surface area (Å²) in [5.41, 5.74) is -1.06. The topological polar surface area (TPSA) is 88.1 Å². The predicted octanol–water partition coefficient (Wildman–Crippen LogP) is 2.22. The first-order valence-corrected chi connectivity index (χ1v) is 8.32. The van der Waals surface area contributed by atoms with Gasteiger partial charge in [-0.15, -0.1) is 0 Å². The van der Waals surface area contributed by atoms with Gasteiger partial charge in [0.15, 0.2) is 0 Å². The maximum atomic E-state index is 13.0. The number of ether oxygens (including phenoxy) is 2. The first-order chi connectivity index (χ1) is 12.7. The number of hydrogen-bond donors (Lipinski definition) is 2. The molecule has 0 spiro atoms. The van der Waals surface area contributed by atoms with E-state index in [0.717, 1.165) is 18.2 Å². The van der Waals surface area contributed by atoms with Gasteiger partial charge in [-0.25, -0.2) is 0 Å². The highest BCUT2D eigenvalue weighted by Gasteiger charge is 2.33. The highest BCUT2D eigenvalue weighted by molar-refractivity contribution is 5.94. The lowest BCUT2D eigenvalue weighted by Gasteiger charge is -2.21. The van der Waals surface area contributed by atoms with Crippen molar-refractivity contribution in [3.63, 3.8) is 0 Å². The van der Waals surface area contributed by atoms with Crippen LogP contribution in [0.15, 0.2) is 18.2 Å². The molecule has 1 atom stereocenters. The molecule has 1 fully saturated rings. The number of methoxy groups -OCH3 is 1. The van der Waals surface area contributed by atoms with Gasteiger partial charge < -0.3 is 19.9 Å². The summed E-state index contributed by atoms with van der Waals surface area (Å²) in [4.78, 5) is 24.9. The molecule has 0 saturated carbocycles. The van der Waals surface area contributed by atoms with E-state index in [1.807, 2.05) is 0 Å². The molecule has 1 amide bonds. The van der Waals surface area contributed by atoms with Crippen molar-refractivity contribution < 1.29 is 37.3 Å². The number of anilines is 1. The fourth-order valence-electron chi connectivity index (χ4n) is 2.83. The molecular formula is C17H21F3N2O5. The van der Waals surface area contributed by atoms with Crippen molar-refractivity contribution in [2.45, 2.75) is 25.1 Å². The lowest BCUT2D eigenvalue weighted by molar-refractivity contribution is -0.142. The van der Waals surface area contributed by atoms with Gasteiger partial charge in [0.1, 0.15) is 18.4 Å². The smallest absolute Gasteiger partial charge is 0.416 e. The van der Waals surface area contributed by atoms with Crippen LogP contribution in [0.4, 0.5) is 18.9 Å². The Hall–Kier alpha value is -2.33. The average molecular weight is 390 g/mol. The van der Waals surface area contributed by atoms with Crippen LogP contribution in [-0.2, 0) is 20.5 Å². The van der Waals surface area contributed by atoms with Gasteiger partial charge in [-0.1, -0.05) is 0 Å². The number of carboxylic acids is 1. The lowest BCUT2D eigenvalue weighted by atomic mass is 10.1. The lowest BCUT2D eigenvalue weighted by Crippen LogP contribution is -2.41. The van der Waals surface area contributed by atoms with Gasteiger partial charge in [0, 0.05) is 7.11 Å². The summed E-state index contributed by atoms with van der Waals surface area (Å²) in [5, 5.41) is 11.5. The molecule has 7 nitrogen and oxygen atoms in total. The summed E-state index contributed by atoms with van der Waals surface area (Å²) in [6, 6.07) is 2.01. The third-order valence-corrected chi connectivity index (χ3v) is 4.12. The van der Waals surface area contributed by atoms with Gasteiger partial charge in [0.05, 0.1) is 24.4 Å². The first-order valence-electron chi connectivity index (χ1n) is 8.32. The van der Waals surface area contributed by atoms with Crippen molar-refractivity contribution in [3.8, 4) is 5.75 Å². The normalized spacial score (nSPS) is 17.7. The molecule has 150 valence electrons. The Bertz CT molecular complexity index is 681. The van der Waals surface area contributed by atoms with Crippen molar-refractivity contribution in [1.82, 2.24) is 4.90 Å².